The molecule has 1 unspecified atom stereocenters. The van der Waals surface area contributed by atoms with E-state index >= 15 is 0 Å². The molecule has 1 aliphatic heterocycles. The predicted octanol–water partition coefficient (Wildman–Crippen LogP) is 5.30. The highest BCUT2D eigenvalue weighted by Gasteiger charge is 2.36. The van der Waals surface area contributed by atoms with Gasteiger partial charge in [0, 0.05) is 18.7 Å². The highest BCUT2D eigenvalue weighted by molar-refractivity contribution is 5.68. The summed E-state index contributed by atoms with van der Waals surface area (Å²) in [5.74, 6) is -1.36. The van der Waals surface area contributed by atoms with E-state index in [1.165, 1.54) is 4.90 Å². The number of hydrogen-bond donors (Lipinski definition) is 0. The molecule has 1 aliphatic rings. The standard InChI is InChI=1S/C18H22F4N2O3/c1-17(2,3)27-16(25)24-8-6-11(7-9-24)15(23-26)13-10-12(18(20,21)22)4-5-14(13)19/h4-5,10-11,15H,6-9H2,1-3H3. The second-order valence-electron chi connectivity index (χ2n) is 7.59. The number of alkyl halides is 3. The monoisotopic (exact) mass is 390 g/mol. The Morgan fingerprint density at radius 3 is 2.30 bits per heavy atom. The number of hydrogen-bond acceptors (Lipinski definition) is 4. The van der Waals surface area contributed by atoms with Crippen molar-refractivity contribution in [3.05, 3.63) is 40.1 Å². The van der Waals surface area contributed by atoms with Crippen molar-refractivity contribution in [3.8, 4) is 0 Å². The van der Waals surface area contributed by atoms with Gasteiger partial charge in [0.2, 0.25) is 0 Å². The number of rotatable bonds is 3. The van der Waals surface area contributed by atoms with Crippen LogP contribution in [-0.4, -0.2) is 29.7 Å². The molecule has 9 heteroatoms. The SMILES string of the molecule is CC(C)(C)OC(=O)N1CCC(C(N=O)c2cc(C(F)(F)F)ccc2F)CC1. The summed E-state index contributed by atoms with van der Waals surface area (Å²) >= 11 is 0. The van der Waals surface area contributed by atoms with Crippen molar-refractivity contribution in [1.82, 2.24) is 4.90 Å². The van der Waals surface area contributed by atoms with Gasteiger partial charge in [-0.05, 0) is 57.7 Å². The summed E-state index contributed by atoms with van der Waals surface area (Å²) in [5.41, 5.74) is -2.04. The van der Waals surface area contributed by atoms with Gasteiger partial charge in [0.05, 0.1) is 5.56 Å². The van der Waals surface area contributed by atoms with E-state index in [1.807, 2.05) is 0 Å². The van der Waals surface area contributed by atoms with E-state index in [0.29, 0.717) is 31.0 Å². The van der Waals surface area contributed by atoms with Gasteiger partial charge in [0.15, 0.2) is 0 Å². The zero-order chi connectivity index (χ0) is 20.4. The van der Waals surface area contributed by atoms with Crippen LogP contribution in [0.2, 0.25) is 0 Å². The molecular weight excluding hydrogens is 368 g/mol. The molecule has 0 aromatic heterocycles. The van der Waals surface area contributed by atoms with Crippen LogP contribution < -0.4 is 0 Å². The minimum Gasteiger partial charge on any atom is -0.444 e. The molecule has 150 valence electrons. The Hall–Kier alpha value is -2.19. The fourth-order valence-corrected chi connectivity index (χ4v) is 3.07. The Labute approximate surface area is 154 Å². The molecule has 0 N–H and O–H groups in total. The van der Waals surface area contributed by atoms with Crippen molar-refractivity contribution in [2.75, 3.05) is 13.1 Å². The number of likely N-dealkylation sites (tertiary alicyclic amines) is 1. The lowest BCUT2D eigenvalue weighted by molar-refractivity contribution is -0.137. The topological polar surface area (TPSA) is 59.0 Å². The summed E-state index contributed by atoms with van der Waals surface area (Å²) in [6.07, 6.45) is -4.52. The van der Waals surface area contributed by atoms with Crippen molar-refractivity contribution in [1.29, 1.82) is 0 Å². The second-order valence-corrected chi connectivity index (χ2v) is 7.59. The highest BCUT2D eigenvalue weighted by Crippen LogP contribution is 2.38. The maximum atomic E-state index is 14.1. The van der Waals surface area contributed by atoms with Crippen LogP contribution >= 0.6 is 0 Å². The number of carbonyl (C=O) groups excluding carboxylic acids is 1. The van der Waals surface area contributed by atoms with E-state index in [-0.39, 0.29) is 18.7 Å². The third kappa shape index (κ3) is 5.40. The van der Waals surface area contributed by atoms with Crippen LogP contribution in [0, 0.1) is 16.6 Å². The minimum absolute atomic E-state index is 0.256. The first-order chi connectivity index (χ1) is 12.4. The van der Waals surface area contributed by atoms with Crippen LogP contribution in [0.4, 0.5) is 22.4 Å². The van der Waals surface area contributed by atoms with E-state index in [2.05, 4.69) is 5.18 Å². The third-order valence-corrected chi connectivity index (χ3v) is 4.39. The van der Waals surface area contributed by atoms with Gasteiger partial charge in [0.1, 0.15) is 17.5 Å². The third-order valence-electron chi connectivity index (χ3n) is 4.39. The van der Waals surface area contributed by atoms with Gasteiger partial charge in [-0.25, -0.2) is 9.18 Å². The largest absolute Gasteiger partial charge is 0.444 e. The molecule has 5 nitrogen and oxygen atoms in total. The van der Waals surface area contributed by atoms with E-state index in [4.69, 9.17) is 4.74 Å². The van der Waals surface area contributed by atoms with Crippen LogP contribution in [-0.2, 0) is 10.9 Å². The molecule has 1 aromatic carbocycles. The molecule has 1 amide bonds. The molecule has 0 aliphatic carbocycles. The molecule has 1 aromatic rings. The molecule has 27 heavy (non-hydrogen) atoms. The fourth-order valence-electron chi connectivity index (χ4n) is 3.07. The molecule has 0 radical (unpaired) electrons. The number of nitrogens with zero attached hydrogens (tertiary/aromatic N) is 2. The van der Waals surface area contributed by atoms with Gasteiger partial charge in [0.25, 0.3) is 0 Å². The van der Waals surface area contributed by atoms with Crippen LogP contribution in [0.3, 0.4) is 0 Å². The van der Waals surface area contributed by atoms with Gasteiger partial charge in [-0.3, -0.25) is 0 Å². The Morgan fingerprint density at radius 1 is 1.22 bits per heavy atom. The molecule has 1 heterocycles. The second kappa shape index (κ2) is 7.82. The Bertz CT molecular complexity index is 693. The van der Waals surface area contributed by atoms with Crippen LogP contribution in [0.25, 0.3) is 0 Å². The quantitative estimate of drug-likeness (QED) is 0.520. The van der Waals surface area contributed by atoms with Crippen LogP contribution in [0.5, 0.6) is 0 Å². The first-order valence-corrected chi connectivity index (χ1v) is 8.59. The molecule has 0 saturated carbocycles. The van der Waals surface area contributed by atoms with E-state index in [1.54, 1.807) is 20.8 Å². The van der Waals surface area contributed by atoms with E-state index < -0.39 is 41.2 Å². The Morgan fingerprint density at radius 2 is 1.81 bits per heavy atom. The van der Waals surface area contributed by atoms with Crippen LogP contribution in [0.15, 0.2) is 23.4 Å². The maximum Gasteiger partial charge on any atom is 0.416 e. The lowest BCUT2D eigenvalue weighted by Crippen LogP contribution is -2.42. The van der Waals surface area contributed by atoms with Gasteiger partial charge in [-0.15, -0.1) is 0 Å². The van der Waals surface area contributed by atoms with Gasteiger partial charge in [-0.2, -0.15) is 18.1 Å². The fraction of sp³-hybridized carbons (Fsp3) is 0.611. The number of halogens is 4. The van der Waals surface area contributed by atoms with Crippen molar-refractivity contribution in [2.24, 2.45) is 11.1 Å². The van der Waals surface area contributed by atoms with Crippen molar-refractivity contribution >= 4 is 6.09 Å². The van der Waals surface area contributed by atoms with Gasteiger partial charge in [-0.1, -0.05) is 5.18 Å². The predicted molar refractivity (Wildman–Crippen MR) is 90.5 cm³/mol. The summed E-state index contributed by atoms with van der Waals surface area (Å²) in [6.45, 7) is 5.72. The average molecular weight is 390 g/mol. The van der Waals surface area contributed by atoms with Gasteiger partial charge >= 0.3 is 12.3 Å². The first kappa shape index (κ1) is 21.1. The minimum atomic E-state index is -4.64. The molecular formula is C18H22F4N2O3. The Kier molecular flexibility index (Phi) is 6.11. The summed E-state index contributed by atoms with van der Waals surface area (Å²) in [6, 6.07) is 0.729. The average Bonchev–Trinajstić information content (AvgIpc) is 2.55. The van der Waals surface area contributed by atoms with Gasteiger partial charge < -0.3 is 9.64 Å². The van der Waals surface area contributed by atoms with Crippen molar-refractivity contribution in [3.63, 3.8) is 0 Å². The summed E-state index contributed by atoms with van der Waals surface area (Å²) in [7, 11) is 0. The van der Waals surface area contributed by atoms with E-state index in [9.17, 15) is 27.3 Å². The summed E-state index contributed by atoms with van der Waals surface area (Å²) in [4.78, 5) is 24.9. The molecule has 0 bridgehead atoms. The molecule has 0 spiro atoms. The first-order valence-electron chi connectivity index (χ1n) is 8.59. The van der Waals surface area contributed by atoms with E-state index in [0.717, 1.165) is 0 Å². The lowest BCUT2D eigenvalue weighted by atomic mass is 9.85. The maximum absolute atomic E-state index is 14.1. The van der Waals surface area contributed by atoms with Crippen molar-refractivity contribution in [2.45, 2.75) is 51.4 Å². The molecule has 1 atom stereocenters. The number of amides is 1. The number of carbonyl (C=O) groups is 1. The number of benzene rings is 1. The number of ether oxygens (including phenoxy) is 1. The summed E-state index contributed by atoms with van der Waals surface area (Å²) in [5, 5.41) is 2.90. The lowest BCUT2D eigenvalue weighted by Gasteiger charge is -2.35. The smallest absolute Gasteiger partial charge is 0.416 e. The molecule has 2 rings (SSSR count). The molecule has 1 fully saturated rings. The Balaban J connectivity index is 2.12. The number of nitroso groups, excluding NO2 is 1. The zero-order valence-corrected chi connectivity index (χ0v) is 15.3. The highest BCUT2D eigenvalue weighted by atomic mass is 19.4. The van der Waals surface area contributed by atoms with Crippen molar-refractivity contribution < 1.29 is 27.1 Å². The van der Waals surface area contributed by atoms with Crippen LogP contribution in [0.1, 0.15) is 50.8 Å². The molecule has 1 saturated heterocycles. The zero-order valence-electron chi connectivity index (χ0n) is 15.3. The normalized spacial score (nSPS) is 17.5. The summed E-state index contributed by atoms with van der Waals surface area (Å²) < 4.78 is 58.0. The number of piperidine rings is 1.